The van der Waals surface area contributed by atoms with Gasteiger partial charge in [-0.05, 0) is 12.0 Å². The lowest BCUT2D eigenvalue weighted by Gasteiger charge is -2.40. The Morgan fingerprint density at radius 2 is 2.07 bits per heavy atom. The van der Waals surface area contributed by atoms with Gasteiger partial charge >= 0.3 is 0 Å². The molecule has 1 fully saturated rings. The van der Waals surface area contributed by atoms with Gasteiger partial charge in [0.25, 0.3) is 0 Å². The van der Waals surface area contributed by atoms with Crippen molar-refractivity contribution in [2.75, 3.05) is 6.61 Å². The van der Waals surface area contributed by atoms with Crippen LogP contribution in [0.5, 0.6) is 0 Å². The summed E-state index contributed by atoms with van der Waals surface area (Å²) < 4.78 is 11.2. The highest BCUT2D eigenvalue weighted by Crippen LogP contribution is 2.31. The zero-order valence-corrected chi connectivity index (χ0v) is 8.53. The van der Waals surface area contributed by atoms with Crippen molar-refractivity contribution in [3.05, 3.63) is 35.9 Å². The van der Waals surface area contributed by atoms with Gasteiger partial charge in [-0.25, -0.2) is 0 Å². The Labute approximate surface area is 84.8 Å². The van der Waals surface area contributed by atoms with Crippen LogP contribution < -0.4 is 0 Å². The molecule has 1 unspecified atom stereocenters. The third-order valence-corrected chi connectivity index (χ3v) is 2.73. The molecule has 1 heterocycles. The molecular weight excluding hydrogens is 176 g/mol. The predicted octanol–water partition coefficient (Wildman–Crippen LogP) is 2.73. The fraction of sp³-hybridized carbons (Fsp3) is 0.500. The van der Waals surface area contributed by atoms with E-state index in [4.69, 9.17) is 9.47 Å². The lowest BCUT2D eigenvalue weighted by molar-refractivity contribution is -0.313. The van der Waals surface area contributed by atoms with E-state index < -0.39 is 0 Å². The topological polar surface area (TPSA) is 18.5 Å². The van der Waals surface area contributed by atoms with Gasteiger partial charge in [-0.1, -0.05) is 37.3 Å². The van der Waals surface area contributed by atoms with Crippen molar-refractivity contribution in [3.8, 4) is 0 Å². The van der Waals surface area contributed by atoms with Crippen LogP contribution in [-0.4, -0.2) is 12.4 Å². The third-order valence-electron chi connectivity index (χ3n) is 2.73. The molecule has 14 heavy (non-hydrogen) atoms. The molecule has 1 aromatic rings. The SMILES string of the molecule is CCC1(OCc2ccccc2)CCO1. The van der Waals surface area contributed by atoms with Gasteiger partial charge < -0.3 is 9.47 Å². The molecule has 0 aliphatic carbocycles. The normalized spacial score (nSPS) is 25.8. The Morgan fingerprint density at radius 1 is 1.36 bits per heavy atom. The Morgan fingerprint density at radius 3 is 2.57 bits per heavy atom. The molecule has 1 aliphatic heterocycles. The molecule has 0 amide bonds. The van der Waals surface area contributed by atoms with Crippen LogP contribution in [0.15, 0.2) is 30.3 Å². The summed E-state index contributed by atoms with van der Waals surface area (Å²) in [6.07, 6.45) is 1.95. The van der Waals surface area contributed by atoms with E-state index in [2.05, 4.69) is 19.1 Å². The number of hydrogen-bond donors (Lipinski definition) is 0. The third kappa shape index (κ3) is 1.97. The molecule has 1 aliphatic rings. The summed E-state index contributed by atoms with van der Waals surface area (Å²) >= 11 is 0. The van der Waals surface area contributed by atoms with Crippen molar-refractivity contribution in [1.29, 1.82) is 0 Å². The molecule has 0 N–H and O–H groups in total. The fourth-order valence-corrected chi connectivity index (χ4v) is 1.61. The summed E-state index contributed by atoms with van der Waals surface area (Å²) in [6, 6.07) is 10.2. The van der Waals surface area contributed by atoms with Gasteiger partial charge in [0.05, 0.1) is 13.2 Å². The summed E-state index contributed by atoms with van der Waals surface area (Å²) in [7, 11) is 0. The van der Waals surface area contributed by atoms with Crippen LogP contribution in [0, 0.1) is 0 Å². The van der Waals surface area contributed by atoms with Gasteiger partial charge in [-0.3, -0.25) is 0 Å². The van der Waals surface area contributed by atoms with E-state index >= 15 is 0 Å². The molecular formula is C12H16O2. The Bertz CT molecular complexity index is 272. The average molecular weight is 192 g/mol. The van der Waals surface area contributed by atoms with Crippen LogP contribution in [0.1, 0.15) is 25.3 Å². The highest BCUT2D eigenvalue weighted by atomic mass is 16.7. The first-order valence-electron chi connectivity index (χ1n) is 5.16. The van der Waals surface area contributed by atoms with E-state index in [1.807, 2.05) is 18.2 Å². The lowest BCUT2D eigenvalue weighted by atomic mass is 10.1. The predicted molar refractivity (Wildman–Crippen MR) is 54.8 cm³/mol. The van der Waals surface area contributed by atoms with Crippen LogP contribution in [0.4, 0.5) is 0 Å². The first-order valence-corrected chi connectivity index (χ1v) is 5.16. The first-order chi connectivity index (χ1) is 6.85. The number of rotatable bonds is 4. The molecule has 0 aromatic heterocycles. The summed E-state index contributed by atoms with van der Waals surface area (Å²) in [6.45, 7) is 3.58. The summed E-state index contributed by atoms with van der Waals surface area (Å²) in [5.74, 6) is -0.282. The minimum Gasteiger partial charge on any atom is -0.350 e. The van der Waals surface area contributed by atoms with Crippen molar-refractivity contribution in [2.24, 2.45) is 0 Å². The van der Waals surface area contributed by atoms with E-state index in [9.17, 15) is 0 Å². The second-order valence-corrected chi connectivity index (χ2v) is 3.64. The highest BCUT2D eigenvalue weighted by molar-refractivity contribution is 5.13. The number of hydrogen-bond acceptors (Lipinski definition) is 2. The Balaban J connectivity index is 1.88. The monoisotopic (exact) mass is 192 g/mol. The van der Waals surface area contributed by atoms with Crippen molar-refractivity contribution in [1.82, 2.24) is 0 Å². The zero-order valence-electron chi connectivity index (χ0n) is 8.53. The second-order valence-electron chi connectivity index (χ2n) is 3.64. The molecule has 0 spiro atoms. The van der Waals surface area contributed by atoms with E-state index in [-0.39, 0.29) is 5.79 Å². The molecule has 2 heteroatoms. The van der Waals surface area contributed by atoms with Crippen LogP contribution in [0.2, 0.25) is 0 Å². The average Bonchev–Trinajstić information content (AvgIpc) is 2.19. The van der Waals surface area contributed by atoms with Crippen molar-refractivity contribution in [3.63, 3.8) is 0 Å². The van der Waals surface area contributed by atoms with Crippen LogP contribution >= 0.6 is 0 Å². The van der Waals surface area contributed by atoms with Crippen molar-refractivity contribution >= 4 is 0 Å². The molecule has 1 aromatic carbocycles. The standard InChI is InChI=1S/C12H16O2/c1-2-12(8-9-13-12)14-10-11-6-4-3-5-7-11/h3-7H,2,8-10H2,1H3. The molecule has 2 rings (SSSR count). The lowest BCUT2D eigenvalue weighted by Crippen LogP contribution is -2.45. The molecule has 1 atom stereocenters. The maximum absolute atomic E-state index is 5.78. The van der Waals surface area contributed by atoms with Crippen molar-refractivity contribution < 1.29 is 9.47 Å². The van der Waals surface area contributed by atoms with E-state index in [0.717, 1.165) is 19.4 Å². The van der Waals surface area contributed by atoms with Crippen LogP contribution in [-0.2, 0) is 16.1 Å². The Kier molecular flexibility index (Phi) is 2.85. The van der Waals surface area contributed by atoms with Gasteiger partial charge in [0.2, 0.25) is 0 Å². The van der Waals surface area contributed by atoms with E-state index in [0.29, 0.717) is 6.61 Å². The van der Waals surface area contributed by atoms with Gasteiger partial charge in [0, 0.05) is 6.42 Å². The molecule has 2 nitrogen and oxygen atoms in total. The van der Waals surface area contributed by atoms with E-state index in [1.165, 1.54) is 5.56 Å². The Hall–Kier alpha value is -0.860. The molecule has 0 bridgehead atoms. The number of benzene rings is 1. The van der Waals surface area contributed by atoms with Gasteiger partial charge in [-0.2, -0.15) is 0 Å². The minimum atomic E-state index is -0.282. The fourth-order valence-electron chi connectivity index (χ4n) is 1.61. The largest absolute Gasteiger partial charge is 0.350 e. The van der Waals surface area contributed by atoms with Crippen LogP contribution in [0.3, 0.4) is 0 Å². The first kappa shape index (κ1) is 9.69. The zero-order chi connectivity index (χ0) is 9.86. The second kappa shape index (κ2) is 4.11. The van der Waals surface area contributed by atoms with E-state index in [1.54, 1.807) is 0 Å². The summed E-state index contributed by atoms with van der Waals surface area (Å²) in [4.78, 5) is 0. The molecule has 76 valence electrons. The number of ether oxygens (including phenoxy) is 2. The van der Waals surface area contributed by atoms with Gasteiger partial charge in [-0.15, -0.1) is 0 Å². The maximum atomic E-state index is 5.78. The highest BCUT2D eigenvalue weighted by Gasteiger charge is 2.37. The molecule has 1 saturated heterocycles. The van der Waals surface area contributed by atoms with Crippen LogP contribution in [0.25, 0.3) is 0 Å². The van der Waals surface area contributed by atoms with Gasteiger partial charge in [0.15, 0.2) is 5.79 Å². The quantitative estimate of drug-likeness (QED) is 0.730. The molecule has 0 saturated carbocycles. The maximum Gasteiger partial charge on any atom is 0.170 e. The van der Waals surface area contributed by atoms with Crippen molar-refractivity contribution in [2.45, 2.75) is 32.2 Å². The van der Waals surface area contributed by atoms with Gasteiger partial charge in [0.1, 0.15) is 0 Å². The minimum absolute atomic E-state index is 0.282. The smallest absolute Gasteiger partial charge is 0.170 e. The molecule has 0 radical (unpaired) electrons. The summed E-state index contributed by atoms with van der Waals surface area (Å²) in [5.41, 5.74) is 1.20. The summed E-state index contributed by atoms with van der Waals surface area (Å²) in [5, 5.41) is 0.